The summed E-state index contributed by atoms with van der Waals surface area (Å²) in [6, 6.07) is 3.56. The fourth-order valence-corrected chi connectivity index (χ4v) is 2.94. The second-order valence-electron chi connectivity index (χ2n) is 4.64. The fraction of sp³-hybridized carbons (Fsp3) is 0.143. The lowest BCUT2D eigenvalue weighted by Crippen LogP contribution is -2.17. The predicted molar refractivity (Wildman–Crippen MR) is 79.0 cm³/mol. The molecule has 1 aliphatic rings. The van der Waals surface area contributed by atoms with Crippen molar-refractivity contribution in [2.75, 3.05) is 0 Å². The summed E-state index contributed by atoms with van der Waals surface area (Å²) in [5, 5.41) is 1.82. The van der Waals surface area contributed by atoms with Gasteiger partial charge in [-0.1, -0.05) is 0 Å². The van der Waals surface area contributed by atoms with E-state index in [2.05, 4.69) is 10.3 Å². The average Bonchev–Trinajstić information content (AvgIpc) is 2.88. The monoisotopic (exact) mass is 301 g/mol. The molecule has 3 heterocycles. The van der Waals surface area contributed by atoms with Crippen molar-refractivity contribution in [3.05, 3.63) is 40.2 Å². The van der Waals surface area contributed by atoms with Crippen molar-refractivity contribution in [2.45, 2.75) is 13.8 Å². The molecule has 0 atom stereocenters. The van der Waals surface area contributed by atoms with E-state index in [1.54, 1.807) is 35.7 Å². The van der Waals surface area contributed by atoms with Gasteiger partial charge >= 0.3 is 0 Å². The number of carbonyl (C=O) groups is 3. The standard InChI is InChI=1S/C14H11N3O3S/c1-7-12(8(2)18)17-6-9(3-4-11(17)15-7)5-10-13(19)16-14(20)21-10/h3-6H,1-2H3,(H,16,19,20)/b10-5-. The van der Waals surface area contributed by atoms with Crippen molar-refractivity contribution in [3.8, 4) is 0 Å². The molecule has 0 unspecified atom stereocenters. The number of hydrogen-bond acceptors (Lipinski definition) is 5. The number of imide groups is 1. The molecule has 2 aromatic rings. The van der Waals surface area contributed by atoms with Gasteiger partial charge in [-0.15, -0.1) is 0 Å². The number of pyridine rings is 1. The average molecular weight is 301 g/mol. The summed E-state index contributed by atoms with van der Waals surface area (Å²) in [5.74, 6) is -0.480. The Morgan fingerprint density at radius 3 is 2.76 bits per heavy atom. The third-order valence-electron chi connectivity index (χ3n) is 3.09. The number of nitrogens with one attached hydrogen (secondary N) is 1. The third kappa shape index (κ3) is 2.36. The molecule has 0 aromatic carbocycles. The highest BCUT2D eigenvalue weighted by Crippen LogP contribution is 2.26. The number of hydrogen-bond donors (Lipinski definition) is 1. The summed E-state index contributed by atoms with van der Waals surface area (Å²) < 4.78 is 1.70. The van der Waals surface area contributed by atoms with Crippen LogP contribution in [0.4, 0.5) is 4.79 Å². The lowest BCUT2D eigenvalue weighted by atomic mass is 10.2. The topological polar surface area (TPSA) is 80.5 Å². The number of rotatable bonds is 2. The molecule has 1 fully saturated rings. The van der Waals surface area contributed by atoms with Crippen molar-refractivity contribution in [1.82, 2.24) is 14.7 Å². The van der Waals surface area contributed by atoms with E-state index in [-0.39, 0.29) is 11.0 Å². The molecule has 106 valence electrons. The van der Waals surface area contributed by atoms with Gasteiger partial charge in [-0.3, -0.25) is 24.1 Å². The molecule has 0 radical (unpaired) electrons. The predicted octanol–water partition coefficient (Wildman–Crippen LogP) is 2.17. The highest BCUT2D eigenvalue weighted by molar-refractivity contribution is 8.18. The number of Topliss-reactive ketones (excluding diaryl/α,β-unsaturated/α-hetero) is 1. The van der Waals surface area contributed by atoms with Crippen molar-refractivity contribution < 1.29 is 14.4 Å². The van der Waals surface area contributed by atoms with Crippen LogP contribution in [-0.2, 0) is 4.79 Å². The molecule has 7 heteroatoms. The van der Waals surface area contributed by atoms with Crippen LogP contribution in [0, 0.1) is 6.92 Å². The lowest BCUT2D eigenvalue weighted by molar-refractivity contribution is -0.115. The zero-order valence-corrected chi connectivity index (χ0v) is 12.2. The number of imidazole rings is 1. The molecule has 2 amide bonds. The first-order chi connectivity index (χ1) is 9.95. The second kappa shape index (κ2) is 4.85. The van der Waals surface area contributed by atoms with Crippen molar-refractivity contribution in [2.24, 2.45) is 0 Å². The largest absolute Gasteiger partial charge is 0.296 e. The van der Waals surface area contributed by atoms with Crippen molar-refractivity contribution >= 4 is 40.4 Å². The summed E-state index contributed by atoms with van der Waals surface area (Å²) in [5.41, 5.74) is 2.56. The second-order valence-corrected chi connectivity index (χ2v) is 5.66. The van der Waals surface area contributed by atoms with Gasteiger partial charge in [-0.05, 0) is 42.5 Å². The number of nitrogens with zero attached hydrogens (tertiary/aromatic N) is 2. The maximum Gasteiger partial charge on any atom is 0.290 e. The summed E-state index contributed by atoms with van der Waals surface area (Å²) in [6.07, 6.45) is 3.35. The first kappa shape index (κ1) is 13.6. The summed E-state index contributed by atoms with van der Waals surface area (Å²) >= 11 is 0.859. The van der Waals surface area contributed by atoms with Gasteiger partial charge in [0.25, 0.3) is 11.1 Å². The normalized spacial score (nSPS) is 16.8. The molecule has 6 nitrogen and oxygen atoms in total. The van der Waals surface area contributed by atoms with E-state index in [1.807, 2.05) is 0 Å². The molecular weight excluding hydrogens is 290 g/mol. The number of ketones is 1. The number of thioether (sulfide) groups is 1. The molecule has 1 aliphatic heterocycles. The van der Waals surface area contributed by atoms with Crippen LogP contribution in [0.15, 0.2) is 23.2 Å². The SMILES string of the molecule is CC(=O)c1c(C)nc2ccc(/C=C3\SC(=O)NC3=O)cn12. The summed E-state index contributed by atoms with van der Waals surface area (Å²) in [7, 11) is 0. The van der Waals surface area contributed by atoms with E-state index in [0.29, 0.717) is 21.9 Å². The maximum absolute atomic E-state index is 11.7. The van der Waals surface area contributed by atoms with Crippen LogP contribution in [0.1, 0.15) is 28.7 Å². The molecule has 0 spiro atoms. The number of amides is 2. The first-order valence-electron chi connectivity index (χ1n) is 6.20. The Hall–Kier alpha value is -2.41. The Morgan fingerprint density at radius 1 is 1.38 bits per heavy atom. The Bertz CT molecular complexity index is 835. The zero-order valence-electron chi connectivity index (χ0n) is 11.3. The maximum atomic E-state index is 11.7. The number of aryl methyl sites for hydroxylation is 1. The lowest BCUT2D eigenvalue weighted by Gasteiger charge is -2.01. The number of fused-ring (bicyclic) bond motifs is 1. The molecule has 2 aromatic heterocycles. The molecule has 0 saturated carbocycles. The van der Waals surface area contributed by atoms with Crippen LogP contribution in [0.5, 0.6) is 0 Å². The van der Waals surface area contributed by atoms with Gasteiger partial charge in [-0.2, -0.15) is 0 Å². The van der Waals surface area contributed by atoms with Crippen LogP contribution in [0.2, 0.25) is 0 Å². The third-order valence-corrected chi connectivity index (χ3v) is 3.90. The molecule has 21 heavy (non-hydrogen) atoms. The van der Waals surface area contributed by atoms with E-state index < -0.39 is 5.91 Å². The fourth-order valence-electron chi connectivity index (χ4n) is 2.26. The van der Waals surface area contributed by atoms with Gasteiger partial charge in [0, 0.05) is 13.1 Å². The molecule has 1 N–H and O–H groups in total. The highest BCUT2D eigenvalue weighted by atomic mass is 32.2. The smallest absolute Gasteiger partial charge is 0.290 e. The van der Waals surface area contributed by atoms with E-state index in [4.69, 9.17) is 0 Å². The minimum atomic E-state index is -0.404. The van der Waals surface area contributed by atoms with Crippen LogP contribution < -0.4 is 5.32 Å². The van der Waals surface area contributed by atoms with E-state index >= 15 is 0 Å². The summed E-state index contributed by atoms with van der Waals surface area (Å²) in [6.45, 7) is 3.27. The number of carbonyl (C=O) groups excluding carboxylic acids is 3. The minimum Gasteiger partial charge on any atom is -0.296 e. The summed E-state index contributed by atoms with van der Waals surface area (Å²) in [4.78, 5) is 39.0. The Kier molecular flexibility index (Phi) is 3.13. The Balaban J connectivity index is 2.11. The molecule has 3 rings (SSSR count). The van der Waals surface area contributed by atoms with Gasteiger partial charge in [0.15, 0.2) is 5.78 Å². The van der Waals surface area contributed by atoms with Gasteiger partial charge in [-0.25, -0.2) is 4.98 Å². The minimum absolute atomic E-state index is 0.0760. The number of aromatic nitrogens is 2. The van der Waals surface area contributed by atoms with Crippen LogP contribution >= 0.6 is 11.8 Å². The highest BCUT2D eigenvalue weighted by Gasteiger charge is 2.25. The van der Waals surface area contributed by atoms with Gasteiger partial charge < -0.3 is 0 Å². The quantitative estimate of drug-likeness (QED) is 0.679. The van der Waals surface area contributed by atoms with Gasteiger partial charge in [0.1, 0.15) is 11.3 Å². The zero-order chi connectivity index (χ0) is 15.1. The van der Waals surface area contributed by atoms with E-state index in [0.717, 1.165) is 17.3 Å². The Labute approximate surface area is 124 Å². The first-order valence-corrected chi connectivity index (χ1v) is 7.02. The van der Waals surface area contributed by atoms with Gasteiger partial charge in [0.05, 0.1) is 10.6 Å². The van der Waals surface area contributed by atoms with Crippen LogP contribution in [0.3, 0.4) is 0 Å². The molecule has 1 saturated heterocycles. The molecule has 0 aliphatic carbocycles. The van der Waals surface area contributed by atoms with Crippen molar-refractivity contribution in [3.63, 3.8) is 0 Å². The van der Waals surface area contributed by atoms with E-state index in [1.165, 1.54) is 6.92 Å². The van der Waals surface area contributed by atoms with Crippen LogP contribution in [0.25, 0.3) is 11.7 Å². The molecular formula is C14H11N3O3S. The Morgan fingerprint density at radius 2 is 2.14 bits per heavy atom. The van der Waals surface area contributed by atoms with E-state index in [9.17, 15) is 14.4 Å². The molecule has 0 bridgehead atoms. The van der Waals surface area contributed by atoms with Crippen LogP contribution in [-0.4, -0.2) is 26.3 Å². The van der Waals surface area contributed by atoms with Gasteiger partial charge in [0.2, 0.25) is 0 Å². The van der Waals surface area contributed by atoms with Crippen molar-refractivity contribution in [1.29, 1.82) is 0 Å².